The molecule has 0 amide bonds. The maximum absolute atomic E-state index is 3.76. The first kappa shape index (κ1) is 19.0. The molecular weight excluding hydrogens is 256 g/mol. The zero-order valence-corrected chi connectivity index (χ0v) is 15.9. The number of nitrogens with zero attached hydrogens (tertiary/aromatic N) is 1. The second-order valence-corrected chi connectivity index (χ2v) is 8.36. The minimum Gasteiger partial charge on any atom is -0.313 e. The summed E-state index contributed by atoms with van der Waals surface area (Å²) < 4.78 is 0. The third kappa shape index (κ3) is 4.45. The topological polar surface area (TPSA) is 15.3 Å². The molecule has 0 radical (unpaired) electrons. The first-order chi connectivity index (χ1) is 9.69. The smallest absolute Gasteiger partial charge is 0.0254 e. The van der Waals surface area contributed by atoms with Gasteiger partial charge in [0.05, 0.1) is 0 Å². The van der Waals surface area contributed by atoms with Crippen molar-refractivity contribution in [3.63, 3.8) is 0 Å². The fraction of sp³-hybridized carbons (Fsp3) is 1.00. The molecule has 1 aliphatic rings. The fourth-order valence-electron chi connectivity index (χ4n) is 3.77. The zero-order valence-electron chi connectivity index (χ0n) is 15.9. The SMILES string of the molecule is CCNC1CCC(C(C)(C)CC)CC1N(C)C(C)(C)CC. The maximum atomic E-state index is 3.76. The standard InChI is InChI=1S/C19H40N2/c1-9-18(4,5)15-12-13-16(20-11-3)17(14-15)21(8)19(6,7)10-2/h15-17,20H,9-14H2,1-8H3. The summed E-state index contributed by atoms with van der Waals surface area (Å²) in [4.78, 5) is 2.66. The molecule has 0 aromatic heterocycles. The van der Waals surface area contributed by atoms with Gasteiger partial charge in [0.25, 0.3) is 0 Å². The summed E-state index contributed by atoms with van der Waals surface area (Å²) in [5, 5.41) is 3.76. The van der Waals surface area contributed by atoms with Crippen molar-refractivity contribution in [1.29, 1.82) is 0 Å². The van der Waals surface area contributed by atoms with E-state index in [4.69, 9.17) is 0 Å². The van der Waals surface area contributed by atoms with Crippen LogP contribution in [0.15, 0.2) is 0 Å². The van der Waals surface area contributed by atoms with E-state index in [0.717, 1.165) is 12.5 Å². The van der Waals surface area contributed by atoms with Crippen LogP contribution < -0.4 is 5.32 Å². The van der Waals surface area contributed by atoms with Crippen LogP contribution in [0.25, 0.3) is 0 Å². The average Bonchev–Trinajstić information content (AvgIpc) is 2.47. The van der Waals surface area contributed by atoms with E-state index in [9.17, 15) is 0 Å². The van der Waals surface area contributed by atoms with Crippen molar-refractivity contribution < 1.29 is 0 Å². The van der Waals surface area contributed by atoms with Crippen LogP contribution in [0.2, 0.25) is 0 Å². The molecule has 1 aliphatic carbocycles. The van der Waals surface area contributed by atoms with E-state index in [1.54, 1.807) is 0 Å². The first-order valence-electron chi connectivity index (χ1n) is 9.15. The van der Waals surface area contributed by atoms with Gasteiger partial charge in [0, 0.05) is 17.6 Å². The highest BCUT2D eigenvalue weighted by atomic mass is 15.2. The van der Waals surface area contributed by atoms with Gasteiger partial charge in [0.15, 0.2) is 0 Å². The Morgan fingerprint density at radius 2 is 1.62 bits per heavy atom. The van der Waals surface area contributed by atoms with Gasteiger partial charge in [-0.15, -0.1) is 0 Å². The van der Waals surface area contributed by atoms with Gasteiger partial charge in [0.2, 0.25) is 0 Å². The third-order valence-electron chi connectivity index (χ3n) is 6.62. The van der Waals surface area contributed by atoms with Gasteiger partial charge >= 0.3 is 0 Å². The van der Waals surface area contributed by atoms with Crippen molar-refractivity contribution in [3.8, 4) is 0 Å². The number of likely N-dealkylation sites (N-methyl/N-ethyl adjacent to an activating group) is 2. The van der Waals surface area contributed by atoms with Crippen LogP contribution in [0.3, 0.4) is 0 Å². The van der Waals surface area contributed by atoms with Crippen LogP contribution in [0.1, 0.15) is 80.6 Å². The first-order valence-corrected chi connectivity index (χ1v) is 9.15. The molecule has 1 rings (SSSR count). The van der Waals surface area contributed by atoms with E-state index in [1.165, 1.54) is 32.1 Å². The monoisotopic (exact) mass is 296 g/mol. The molecule has 1 saturated carbocycles. The molecule has 1 N–H and O–H groups in total. The van der Waals surface area contributed by atoms with Crippen molar-refractivity contribution in [2.75, 3.05) is 13.6 Å². The summed E-state index contributed by atoms with van der Waals surface area (Å²) in [6.07, 6.45) is 6.56. The lowest BCUT2D eigenvalue weighted by Gasteiger charge is -2.50. The Hall–Kier alpha value is -0.0800. The highest BCUT2D eigenvalue weighted by Crippen LogP contribution is 2.42. The largest absolute Gasteiger partial charge is 0.313 e. The third-order valence-corrected chi connectivity index (χ3v) is 6.62. The molecule has 0 heterocycles. The van der Waals surface area contributed by atoms with E-state index < -0.39 is 0 Å². The fourth-order valence-corrected chi connectivity index (χ4v) is 3.77. The molecule has 0 saturated heterocycles. The predicted octanol–water partition coefficient (Wildman–Crippen LogP) is 4.69. The number of rotatable bonds is 7. The van der Waals surface area contributed by atoms with Crippen molar-refractivity contribution in [3.05, 3.63) is 0 Å². The van der Waals surface area contributed by atoms with E-state index in [0.29, 0.717) is 17.5 Å². The Labute approximate surface area is 134 Å². The van der Waals surface area contributed by atoms with Gasteiger partial charge < -0.3 is 5.32 Å². The van der Waals surface area contributed by atoms with Gasteiger partial charge in [-0.25, -0.2) is 0 Å². The number of hydrogen-bond acceptors (Lipinski definition) is 2. The predicted molar refractivity (Wildman–Crippen MR) is 94.8 cm³/mol. The Bertz CT molecular complexity index is 309. The average molecular weight is 297 g/mol. The Morgan fingerprint density at radius 3 is 2.10 bits per heavy atom. The van der Waals surface area contributed by atoms with Crippen molar-refractivity contribution >= 4 is 0 Å². The Kier molecular flexibility index (Phi) is 6.74. The molecule has 0 spiro atoms. The minimum atomic E-state index is 0.288. The zero-order chi connectivity index (χ0) is 16.3. The molecule has 21 heavy (non-hydrogen) atoms. The molecule has 3 unspecified atom stereocenters. The molecule has 3 atom stereocenters. The van der Waals surface area contributed by atoms with Gasteiger partial charge in [-0.3, -0.25) is 4.90 Å². The van der Waals surface area contributed by atoms with Crippen molar-refractivity contribution in [2.24, 2.45) is 11.3 Å². The normalized spacial score (nSPS) is 28.1. The quantitative estimate of drug-likeness (QED) is 0.733. The Balaban J connectivity index is 2.91. The van der Waals surface area contributed by atoms with Gasteiger partial charge in [-0.05, 0) is 64.5 Å². The van der Waals surface area contributed by atoms with Crippen LogP contribution >= 0.6 is 0 Å². The van der Waals surface area contributed by atoms with E-state index in [1.807, 2.05) is 0 Å². The second kappa shape index (κ2) is 7.46. The van der Waals surface area contributed by atoms with Crippen LogP contribution in [0, 0.1) is 11.3 Å². The summed E-state index contributed by atoms with van der Waals surface area (Å²) in [5.74, 6) is 0.859. The summed E-state index contributed by atoms with van der Waals surface area (Å²) in [5.41, 5.74) is 0.767. The summed E-state index contributed by atoms with van der Waals surface area (Å²) in [6.45, 7) is 17.7. The van der Waals surface area contributed by atoms with Crippen molar-refractivity contribution in [2.45, 2.75) is 98.2 Å². The van der Waals surface area contributed by atoms with Gasteiger partial charge in [-0.2, -0.15) is 0 Å². The number of nitrogens with one attached hydrogen (secondary N) is 1. The molecule has 0 aliphatic heterocycles. The van der Waals surface area contributed by atoms with E-state index in [2.05, 4.69) is 65.7 Å². The Morgan fingerprint density at radius 1 is 1.00 bits per heavy atom. The number of hydrogen-bond donors (Lipinski definition) is 1. The molecule has 0 aromatic rings. The van der Waals surface area contributed by atoms with Crippen LogP contribution in [0.5, 0.6) is 0 Å². The molecule has 2 nitrogen and oxygen atoms in total. The van der Waals surface area contributed by atoms with E-state index in [-0.39, 0.29) is 5.54 Å². The van der Waals surface area contributed by atoms with Crippen LogP contribution in [0.4, 0.5) is 0 Å². The lowest BCUT2D eigenvalue weighted by Crippen LogP contribution is -2.58. The lowest BCUT2D eigenvalue weighted by atomic mass is 9.66. The van der Waals surface area contributed by atoms with E-state index >= 15 is 0 Å². The van der Waals surface area contributed by atoms with Crippen LogP contribution in [-0.2, 0) is 0 Å². The molecule has 0 aromatic carbocycles. The lowest BCUT2D eigenvalue weighted by molar-refractivity contribution is 0.0127. The second-order valence-electron chi connectivity index (χ2n) is 8.36. The van der Waals surface area contributed by atoms with Crippen molar-refractivity contribution in [1.82, 2.24) is 10.2 Å². The summed E-state index contributed by atoms with van der Waals surface area (Å²) in [6, 6.07) is 1.33. The highest BCUT2D eigenvalue weighted by Gasteiger charge is 2.41. The molecule has 2 heteroatoms. The molecule has 1 fully saturated rings. The maximum Gasteiger partial charge on any atom is 0.0254 e. The van der Waals surface area contributed by atoms with Crippen LogP contribution in [-0.4, -0.2) is 36.1 Å². The molecule has 126 valence electrons. The summed E-state index contributed by atoms with van der Waals surface area (Å²) >= 11 is 0. The molecule has 0 bridgehead atoms. The van der Waals surface area contributed by atoms with Gasteiger partial charge in [-0.1, -0.05) is 41.0 Å². The van der Waals surface area contributed by atoms with Gasteiger partial charge in [0.1, 0.15) is 0 Å². The summed E-state index contributed by atoms with van der Waals surface area (Å²) in [7, 11) is 2.35. The molecular formula is C19H40N2. The highest BCUT2D eigenvalue weighted by molar-refractivity contribution is 4.97. The minimum absolute atomic E-state index is 0.288.